The number of carbonyl (C=O) groups excluding carboxylic acids is 2. The van der Waals surface area contributed by atoms with Crippen LogP contribution in [0, 0.1) is 13.8 Å². The SMILES string of the molecule is COCCOCC(COCCOC)OCC(COC(COCCOC)COCCOC)Oc1ccc2c(c1)c(C(=O)Oc1c(C)cc(C(=O)OC)cc1C)c1cc(OC(COC(COCCOC)COCCOC)COC(COCCOC)COCCOC)ccc1[n+]2CCCS(=O)(=O)O. The van der Waals surface area contributed by atoms with Crippen molar-refractivity contribution in [3.05, 3.63) is 70.8 Å². The summed E-state index contributed by atoms with van der Waals surface area (Å²) in [5.74, 6) is -1.35. The van der Waals surface area contributed by atoms with Crippen molar-refractivity contribution in [1.82, 2.24) is 0 Å². The zero-order valence-corrected chi connectivity index (χ0v) is 61.1. The van der Waals surface area contributed by atoms with Crippen LogP contribution < -0.4 is 18.8 Å². The zero-order chi connectivity index (χ0) is 72.6. The molecule has 0 atom stereocenters. The Morgan fingerprint density at radius 3 is 0.970 bits per heavy atom. The van der Waals surface area contributed by atoms with Gasteiger partial charge in [0.25, 0.3) is 10.1 Å². The molecular formula is C69H110NO29S+. The van der Waals surface area contributed by atoms with Crippen molar-refractivity contribution in [3.8, 4) is 17.2 Å². The minimum absolute atomic E-state index is 0.0194. The van der Waals surface area contributed by atoms with E-state index in [2.05, 4.69) is 0 Å². The van der Waals surface area contributed by atoms with Gasteiger partial charge in [0.05, 0.1) is 220 Å². The van der Waals surface area contributed by atoms with Crippen molar-refractivity contribution in [2.75, 3.05) is 255 Å². The molecule has 0 radical (unpaired) electrons. The molecule has 0 fully saturated rings. The fraction of sp³-hybridized carbons (Fsp3) is 0.696. The molecule has 0 aliphatic rings. The van der Waals surface area contributed by atoms with E-state index in [1.54, 1.807) is 119 Å². The Balaban J connectivity index is 2.03. The van der Waals surface area contributed by atoms with Crippen LogP contribution in [0.15, 0.2) is 48.5 Å². The summed E-state index contributed by atoms with van der Waals surface area (Å²) in [4.78, 5) is 28.6. The number of esters is 2. The highest BCUT2D eigenvalue weighted by Gasteiger charge is 2.31. The molecule has 0 saturated heterocycles. The van der Waals surface area contributed by atoms with E-state index in [0.29, 0.717) is 128 Å². The number of hydrogen-bond donors (Lipinski definition) is 1. The van der Waals surface area contributed by atoms with Gasteiger partial charge in [-0.05, 0) is 61.4 Å². The van der Waals surface area contributed by atoms with Gasteiger partial charge >= 0.3 is 11.9 Å². The monoisotopic (exact) mass is 1450 g/mol. The van der Waals surface area contributed by atoms with E-state index in [0.717, 1.165) is 0 Å². The van der Waals surface area contributed by atoms with Crippen LogP contribution in [0.2, 0.25) is 0 Å². The first-order valence-electron chi connectivity index (χ1n) is 33.2. The van der Waals surface area contributed by atoms with Crippen molar-refractivity contribution in [3.63, 3.8) is 0 Å². The van der Waals surface area contributed by atoms with E-state index in [1.807, 2.05) is 4.57 Å². The summed E-state index contributed by atoms with van der Waals surface area (Å²) in [5, 5.41) is 0.566. The van der Waals surface area contributed by atoms with E-state index < -0.39 is 64.4 Å². The molecule has 30 nitrogen and oxygen atoms in total. The molecule has 0 saturated carbocycles. The molecule has 0 aliphatic carbocycles. The molecule has 0 spiro atoms. The van der Waals surface area contributed by atoms with Crippen molar-refractivity contribution in [1.29, 1.82) is 0 Å². The van der Waals surface area contributed by atoms with Gasteiger partial charge in [-0.1, -0.05) is 0 Å². The Morgan fingerprint density at radius 2 is 0.700 bits per heavy atom. The molecule has 570 valence electrons. The highest BCUT2D eigenvalue weighted by molar-refractivity contribution is 7.85. The first-order valence-corrected chi connectivity index (χ1v) is 34.8. The van der Waals surface area contributed by atoms with Crippen LogP contribution in [0.25, 0.3) is 21.8 Å². The molecule has 1 aromatic heterocycles. The van der Waals surface area contributed by atoms with Gasteiger partial charge < -0.3 is 114 Å². The lowest BCUT2D eigenvalue weighted by Gasteiger charge is -2.26. The summed E-state index contributed by atoms with van der Waals surface area (Å²) < 4.78 is 177. The predicted molar refractivity (Wildman–Crippen MR) is 364 cm³/mol. The molecule has 1 heterocycles. The third kappa shape index (κ3) is 35.0. The fourth-order valence-corrected chi connectivity index (χ4v) is 10.2. The topological polar surface area (TPSA) is 314 Å². The third-order valence-corrected chi connectivity index (χ3v) is 15.5. The Morgan fingerprint density at radius 1 is 0.400 bits per heavy atom. The van der Waals surface area contributed by atoms with Gasteiger partial charge in [-0.2, -0.15) is 13.0 Å². The smallest absolute Gasteiger partial charge is 0.345 e. The number of carbonyl (C=O) groups is 2. The number of aryl methyl sites for hydroxylation is 3. The highest BCUT2D eigenvalue weighted by atomic mass is 32.2. The summed E-state index contributed by atoms with van der Waals surface area (Å²) in [6.45, 7) is 9.39. The molecule has 0 unspecified atom stereocenters. The predicted octanol–water partition coefficient (Wildman–Crippen LogP) is 4.52. The van der Waals surface area contributed by atoms with Gasteiger partial charge in [0.1, 0.15) is 53.9 Å². The largest absolute Gasteiger partial charge is 0.486 e. The molecule has 4 aromatic rings. The van der Waals surface area contributed by atoms with Gasteiger partial charge in [-0.15, -0.1) is 0 Å². The number of hydrogen-bond acceptors (Lipinski definition) is 28. The summed E-state index contributed by atoms with van der Waals surface area (Å²) >= 11 is 0. The average Bonchev–Trinajstić information content (AvgIpc) is 0.741. The number of benzene rings is 3. The fourth-order valence-electron chi connectivity index (χ4n) is 9.70. The van der Waals surface area contributed by atoms with E-state index in [1.165, 1.54) is 7.11 Å². The normalized spacial score (nSPS) is 12.1. The standard InChI is InChI=1S/C69H109NO29S/c1-51-35-53(68(71)84-11)36-52(2)67(51)99-69(72)66-62-37-54(97-60(47-93-56(39-85-26-18-76-3)40-86-27-19-77-4)48-94-57(41-87-28-20-78-5)42-88-29-21-79-6)13-15-64(62)70(17-12-34-100(73,74)75)65-16-14-55(38-63(65)66)98-61(49-95-58(43-89-30-22-80-7)44-90-31-23-81-8)50-96-59(45-91-32-24-82-9)46-92-33-25-83-10/h13-16,35-38,56-61H,12,17-34,39-50H2,1-11H3/p+1. The number of fused-ring (bicyclic) bond motifs is 2. The number of nitrogens with zero attached hydrogens (tertiary/aromatic N) is 1. The number of ether oxygens (including phenoxy) is 24. The van der Waals surface area contributed by atoms with E-state index >= 15 is 4.79 Å². The Hall–Kier alpha value is -5.02. The molecular weight excluding hydrogens is 1340 g/mol. The lowest BCUT2D eigenvalue weighted by atomic mass is 10.0. The van der Waals surface area contributed by atoms with Crippen LogP contribution in [0.4, 0.5) is 0 Å². The highest BCUT2D eigenvalue weighted by Crippen LogP contribution is 2.34. The van der Waals surface area contributed by atoms with Crippen molar-refractivity contribution in [2.24, 2.45) is 0 Å². The van der Waals surface area contributed by atoms with Crippen LogP contribution in [-0.2, 0) is 116 Å². The molecule has 100 heavy (non-hydrogen) atoms. The van der Waals surface area contributed by atoms with Gasteiger partial charge in [-0.25, -0.2) is 9.59 Å². The van der Waals surface area contributed by atoms with E-state index in [-0.39, 0.29) is 131 Å². The Kier molecular flexibility index (Phi) is 46.2. The average molecular weight is 1450 g/mol. The summed E-state index contributed by atoms with van der Waals surface area (Å²) in [6.07, 6.45) is -4.19. The maximum absolute atomic E-state index is 15.7. The van der Waals surface area contributed by atoms with Crippen molar-refractivity contribution < 1.29 is 141 Å². The molecule has 0 amide bonds. The summed E-state index contributed by atoms with van der Waals surface area (Å²) in [6, 6.07) is 13.3. The lowest BCUT2D eigenvalue weighted by Crippen LogP contribution is -2.38. The van der Waals surface area contributed by atoms with Crippen LogP contribution >= 0.6 is 0 Å². The van der Waals surface area contributed by atoms with Gasteiger partial charge in [0.15, 0.2) is 6.54 Å². The summed E-state index contributed by atoms with van der Waals surface area (Å²) in [5.41, 5.74) is 2.06. The minimum atomic E-state index is -4.44. The second kappa shape index (κ2) is 52.9. The number of pyridine rings is 1. The number of methoxy groups -OCH3 is 9. The maximum Gasteiger partial charge on any atom is 0.345 e. The van der Waals surface area contributed by atoms with Gasteiger partial charge in [0.2, 0.25) is 11.0 Å². The molecule has 0 aliphatic heterocycles. The Labute approximate surface area is 588 Å². The number of aromatic nitrogens is 1. The van der Waals surface area contributed by atoms with E-state index in [9.17, 15) is 17.8 Å². The molecule has 1 N–H and O–H groups in total. The first kappa shape index (κ1) is 87.4. The third-order valence-electron chi connectivity index (χ3n) is 14.7. The molecule has 3 aromatic carbocycles. The van der Waals surface area contributed by atoms with Gasteiger partial charge in [0, 0.05) is 75.4 Å². The van der Waals surface area contributed by atoms with Crippen molar-refractivity contribution >= 4 is 43.9 Å². The maximum atomic E-state index is 15.7. The zero-order valence-electron chi connectivity index (χ0n) is 60.2. The van der Waals surface area contributed by atoms with Crippen LogP contribution in [-0.4, -0.2) is 316 Å². The first-order chi connectivity index (χ1) is 48.6. The van der Waals surface area contributed by atoms with Gasteiger partial charge in [-0.3, -0.25) is 4.55 Å². The number of rotatable bonds is 63. The summed E-state index contributed by atoms with van der Waals surface area (Å²) in [7, 11) is 9.45. The minimum Gasteiger partial charge on any atom is -0.486 e. The van der Waals surface area contributed by atoms with Crippen LogP contribution in [0.1, 0.15) is 38.3 Å². The molecule has 0 bridgehead atoms. The lowest BCUT2D eigenvalue weighted by molar-refractivity contribution is -0.645. The van der Waals surface area contributed by atoms with E-state index in [4.69, 9.17) is 114 Å². The Bertz CT molecular complexity index is 2700. The second-order valence-corrected chi connectivity index (χ2v) is 24.3. The van der Waals surface area contributed by atoms with Crippen molar-refractivity contribution in [2.45, 2.75) is 63.4 Å². The quantitative estimate of drug-likeness (QED) is 0.0159. The van der Waals surface area contributed by atoms with Crippen LogP contribution in [0.5, 0.6) is 17.2 Å². The molecule has 4 rings (SSSR count). The van der Waals surface area contributed by atoms with Crippen LogP contribution in [0.3, 0.4) is 0 Å². The molecule has 31 heteroatoms. The second-order valence-electron chi connectivity index (χ2n) is 22.7.